The molecule has 7 nitrogen and oxygen atoms in total. The smallest absolute Gasteiger partial charge is 0.338 e. The summed E-state index contributed by atoms with van der Waals surface area (Å²) in [7, 11) is -3.62. The Morgan fingerprint density at radius 2 is 2.00 bits per heavy atom. The van der Waals surface area contributed by atoms with Gasteiger partial charge in [0.2, 0.25) is 10.0 Å². The maximum atomic E-state index is 12.9. The van der Waals surface area contributed by atoms with Crippen LogP contribution in [0.2, 0.25) is 0 Å². The first-order valence-electron chi connectivity index (χ1n) is 9.72. The van der Waals surface area contributed by atoms with Crippen LogP contribution in [0.5, 0.6) is 0 Å². The summed E-state index contributed by atoms with van der Waals surface area (Å²) in [5.41, 5.74) is 1.37. The third-order valence-electron chi connectivity index (χ3n) is 5.06. The van der Waals surface area contributed by atoms with Crippen molar-refractivity contribution < 1.29 is 22.5 Å². The Morgan fingerprint density at radius 3 is 2.73 bits per heavy atom. The van der Waals surface area contributed by atoms with Gasteiger partial charge in [-0.2, -0.15) is 4.31 Å². The molecule has 1 saturated heterocycles. The van der Waals surface area contributed by atoms with Gasteiger partial charge < -0.3 is 9.26 Å². The van der Waals surface area contributed by atoms with Crippen molar-refractivity contribution in [1.82, 2.24) is 9.46 Å². The Labute approximate surface area is 179 Å². The second-order valence-electron chi connectivity index (χ2n) is 7.18. The molecule has 1 aliphatic heterocycles. The van der Waals surface area contributed by atoms with Crippen molar-refractivity contribution in [2.24, 2.45) is 0 Å². The summed E-state index contributed by atoms with van der Waals surface area (Å²) in [6.07, 6.45) is 2.74. The molecule has 0 saturated carbocycles. The zero-order valence-corrected chi connectivity index (χ0v) is 18.2. The molecule has 1 fully saturated rings. The largest absolute Gasteiger partial charge is 0.455 e. The summed E-state index contributed by atoms with van der Waals surface area (Å²) in [6, 6.07) is 10.1. The van der Waals surface area contributed by atoms with Crippen molar-refractivity contribution in [3.05, 3.63) is 58.6 Å². The van der Waals surface area contributed by atoms with Gasteiger partial charge >= 0.3 is 5.97 Å². The molecule has 9 heteroatoms. The maximum Gasteiger partial charge on any atom is 0.338 e. The molecule has 0 atom stereocenters. The summed E-state index contributed by atoms with van der Waals surface area (Å²) in [6.45, 7) is 2.71. The number of sulfonamides is 1. The number of thiophene rings is 1. The van der Waals surface area contributed by atoms with Gasteiger partial charge in [-0.3, -0.25) is 0 Å². The van der Waals surface area contributed by atoms with E-state index in [-0.39, 0.29) is 17.1 Å². The number of carbonyl (C=O) groups is 1. The lowest BCUT2D eigenvalue weighted by molar-refractivity contribution is 0.0463. The summed E-state index contributed by atoms with van der Waals surface area (Å²) >= 11 is 1.53. The number of benzene rings is 1. The van der Waals surface area contributed by atoms with E-state index in [1.807, 2.05) is 17.5 Å². The van der Waals surface area contributed by atoms with E-state index in [4.69, 9.17) is 9.26 Å². The lowest BCUT2D eigenvalue weighted by Gasteiger charge is -2.26. The van der Waals surface area contributed by atoms with Crippen LogP contribution in [0.3, 0.4) is 0 Å². The highest BCUT2D eigenvalue weighted by atomic mass is 32.2. The van der Waals surface area contributed by atoms with Gasteiger partial charge in [-0.25, -0.2) is 13.2 Å². The number of nitrogens with zero attached hydrogens (tertiary/aromatic N) is 2. The van der Waals surface area contributed by atoms with E-state index in [9.17, 15) is 13.2 Å². The van der Waals surface area contributed by atoms with E-state index in [0.717, 1.165) is 24.1 Å². The Hall–Kier alpha value is -2.49. The van der Waals surface area contributed by atoms with Crippen LogP contribution in [0.1, 0.15) is 40.9 Å². The summed E-state index contributed by atoms with van der Waals surface area (Å²) in [4.78, 5) is 13.7. The number of ether oxygens (including phenoxy) is 1. The average Bonchev–Trinajstić information content (AvgIpc) is 3.45. The highest BCUT2D eigenvalue weighted by molar-refractivity contribution is 7.89. The van der Waals surface area contributed by atoms with Crippen LogP contribution < -0.4 is 0 Å². The molecule has 4 rings (SSSR count). The predicted molar refractivity (Wildman–Crippen MR) is 113 cm³/mol. The van der Waals surface area contributed by atoms with Crippen molar-refractivity contribution in [3.8, 4) is 10.6 Å². The number of carbonyl (C=O) groups excluding carboxylic acids is 1. The monoisotopic (exact) mass is 446 g/mol. The molecule has 0 bridgehead atoms. The van der Waals surface area contributed by atoms with Crippen molar-refractivity contribution >= 4 is 27.3 Å². The third-order valence-corrected chi connectivity index (χ3v) is 7.83. The van der Waals surface area contributed by atoms with Gasteiger partial charge in [-0.05, 0) is 48.9 Å². The highest BCUT2D eigenvalue weighted by Gasteiger charge is 2.27. The number of rotatable bonds is 6. The molecule has 1 aliphatic rings. The topological polar surface area (TPSA) is 89.7 Å². The quantitative estimate of drug-likeness (QED) is 0.526. The first kappa shape index (κ1) is 20.8. The molecule has 0 amide bonds. The minimum atomic E-state index is -3.62. The van der Waals surface area contributed by atoms with Gasteiger partial charge in [0.15, 0.2) is 5.76 Å². The average molecular weight is 447 g/mol. The minimum absolute atomic E-state index is 0.0593. The Morgan fingerprint density at radius 1 is 1.20 bits per heavy atom. The Bertz CT molecular complexity index is 1130. The van der Waals surface area contributed by atoms with E-state index in [2.05, 4.69) is 5.16 Å². The summed E-state index contributed by atoms with van der Waals surface area (Å²) < 4.78 is 38.0. The van der Waals surface area contributed by atoms with E-state index in [0.29, 0.717) is 30.1 Å². The zero-order valence-electron chi connectivity index (χ0n) is 16.5. The number of aromatic nitrogens is 1. The number of aryl methyl sites for hydroxylation is 1. The minimum Gasteiger partial charge on any atom is -0.455 e. The van der Waals surface area contributed by atoms with Crippen LogP contribution in [0.15, 0.2) is 51.2 Å². The van der Waals surface area contributed by atoms with Gasteiger partial charge in [0.1, 0.15) is 12.3 Å². The molecule has 0 spiro atoms. The lowest BCUT2D eigenvalue weighted by Crippen LogP contribution is -2.35. The van der Waals surface area contributed by atoms with Gasteiger partial charge in [0, 0.05) is 19.2 Å². The molecular formula is C21H22N2O5S2. The van der Waals surface area contributed by atoms with E-state index in [1.54, 1.807) is 25.1 Å². The van der Waals surface area contributed by atoms with Crippen molar-refractivity contribution in [2.45, 2.75) is 37.7 Å². The molecule has 158 valence electrons. The molecule has 2 aromatic heterocycles. The number of hydrogen-bond acceptors (Lipinski definition) is 7. The fourth-order valence-corrected chi connectivity index (χ4v) is 5.58. The SMILES string of the molecule is Cc1ccc(S(=O)(=O)N2CCCCC2)cc1C(=O)OCc1cc(-c2cccs2)on1. The van der Waals surface area contributed by atoms with Crippen molar-refractivity contribution in [1.29, 1.82) is 0 Å². The van der Waals surface area contributed by atoms with Crippen LogP contribution >= 0.6 is 11.3 Å². The molecule has 0 unspecified atom stereocenters. The molecule has 3 heterocycles. The standard InChI is InChI=1S/C21H22N2O5S2/c1-15-7-8-17(30(25,26)23-9-3-2-4-10-23)13-18(15)21(24)27-14-16-12-19(28-22-16)20-6-5-11-29-20/h5-8,11-13H,2-4,9-10,14H2,1H3. The normalized spacial score (nSPS) is 15.2. The zero-order chi connectivity index (χ0) is 21.1. The van der Waals surface area contributed by atoms with E-state index in [1.165, 1.54) is 21.7 Å². The number of hydrogen-bond donors (Lipinski definition) is 0. The molecule has 30 heavy (non-hydrogen) atoms. The van der Waals surface area contributed by atoms with Gasteiger partial charge in [-0.1, -0.05) is 23.7 Å². The van der Waals surface area contributed by atoms with Crippen LogP contribution in [0.4, 0.5) is 0 Å². The van der Waals surface area contributed by atoms with Crippen molar-refractivity contribution in [3.63, 3.8) is 0 Å². The highest BCUT2D eigenvalue weighted by Crippen LogP contribution is 2.26. The van der Waals surface area contributed by atoms with Crippen LogP contribution in [0.25, 0.3) is 10.6 Å². The van der Waals surface area contributed by atoms with Gasteiger partial charge in [0.05, 0.1) is 15.3 Å². The van der Waals surface area contributed by atoms with Crippen molar-refractivity contribution in [2.75, 3.05) is 13.1 Å². The van der Waals surface area contributed by atoms with Crippen LogP contribution in [0, 0.1) is 6.92 Å². The fraction of sp³-hybridized carbons (Fsp3) is 0.333. The van der Waals surface area contributed by atoms with E-state index >= 15 is 0 Å². The molecular weight excluding hydrogens is 424 g/mol. The summed E-state index contributed by atoms with van der Waals surface area (Å²) in [5.74, 6) is 0.0192. The molecule has 1 aromatic carbocycles. The maximum absolute atomic E-state index is 12.9. The Kier molecular flexibility index (Phi) is 6.03. The first-order chi connectivity index (χ1) is 14.4. The number of esters is 1. The Balaban J connectivity index is 1.48. The van der Waals surface area contributed by atoms with E-state index < -0.39 is 16.0 Å². The number of piperidine rings is 1. The first-order valence-corrected chi connectivity index (χ1v) is 12.0. The third kappa shape index (κ3) is 4.33. The summed E-state index contributed by atoms with van der Waals surface area (Å²) in [5, 5.41) is 5.87. The second-order valence-corrected chi connectivity index (χ2v) is 10.1. The van der Waals surface area contributed by atoms with Crippen LogP contribution in [-0.2, 0) is 21.4 Å². The molecule has 0 radical (unpaired) electrons. The second kappa shape index (κ2) is 8.71. The fourth-order valence-electron chi connectivity index (χ4n) is 3.37. The van der Waals surface area contributed by atoms with Crippen LogP contribution in [-0.4, -0.2) is 36.9 Å². The lowest BCUT2D eigenvalue weighted by atomic mass is 10.1. The van der Waals surface area contributed by atoms with Gasteiger partial charge in [-0.15, -0.1) is 11.3 Å². The molecule has 0 aliphatic carbocycles. The molecule has 3 aromatic rings. The predicted octanol–water partition coefficient (Wildman–Crippen LogP) is 4.24. The van der Waals surface area contributed by atoms with Gasteiger partial charge in [0.25, 0.3) is 0 Å². The molecule has 0 N–H and O–H groups in total.